The number of hydrogen-bond acceptors (Lipinski definition) is 3. The standard InChI is InChI=1S/C16H26IN3/c1-4-7-13-14(17)16(18-5-2)20-15(19-13)12-9-6-8-11(3)10-12/h11-12H,4-10H2,1-3H3,(H,18,19,20). The largest absolute Gasteiger partial charge is 0.369 e. The van der Waals surface area contributed by atoms with E-state index in [9.17, 15) is 0 Å². The van der Waals surface area contributed by atoms with Gasteiger partial charge in [-0.05, 0) is 54.7 Å². The molecule has 20 heavy (non-hydrogen) atoms. The molecule has 1 fully saturated rings. The fourth-order valence-electron chi connectivity index (χ4n) is 3.05. The molecule has 1 aromatic rings. The zero-order valence-corrected chi connectivity index (χ0v) is 15.0. The summed E-state index contributed by atoms with van der Waals surface area (Å²) in [5, 5.41) is 3.41. The Balaban J connectivity index is 2.31. The minimum absolute atomic E-state index is 0.559. The van der Waals surface area contributed by atoms with Gasteiger partial charge in [0, 0.05) is 12.5 Å². The van der Waals surface area contributed by atoms with Gasteiger partial charge in [0.25, 0.3) is 0 Å². The number of rotatable bonds is 5. The van der Waals surface area contributed by atoms with Crippen molar-refractivity contribution in [2.45, 2.75) is 65.2 Å². The Morgan fingerprint density at radius 3 is 2.70 bits per heavy atom. The first-order chi connectivity index (χ1) is 9.65. The normalized spacial score (nSPS) is 22.8. The van der Waals surface area contributed by atoms with Crippen molar-refractivity contribution in [1.29, 1.82) is 0 Å². The van der Waals surface area contributed by atoms with Crippen LogP contribution in [0.1, 0.15) is 70.3 Å². The summed E-state index contributed by atoms with van der Waals surface area (Å²) in [5.74, 6) is 3.49. The van der Waals surface area contributed by atoms with E-state index in [1.54, 1.807) is 0 Å². The van der Waals surface area contributed by atoms with Gasteiger partial charge >= 0.3 is 0 Å². The Hall–Kier alpha value is -0.390. The topological polar surface area (TPSA) is 37.8 Å². The van der Waals surface area contributed by atoms with Crippen molar-refractivity contribution < 1.29 is 0 Å². The van der Waals surface area contributed by atoms with Gasteiger partial charge in [-0.1, -0.05) is 33.1 Å². The molecule has 0 bridgehead atoms. The van der Waals surface area contributed by atoms with Gasteiger partial charge in [-0.25, -0.2) is 9.97 Å². The van der Waals surface area contributed by atoms with Crippen LogP contribution in [-0.2, 0) is 6.42 Å². The summed E-state index contributed by atoms with van der Waals surface area (Å²) in [6, 6.07) is 0. The second-order valence-electron chi connectivity index (χ2n) is 5.94. The second kappa shape index (κ2) is 7.57. The van der Waals surface area contributed by atoms with Crippen LogP contribution in [-0.4, -0.2) is 16.5 Å². The fourth-order valence-corrected chi connectivity index (χ4v) is 3.75. The number of aryl methyl sites for hydroxylation is 1. The van der Waals surface area contributed by atoms with Gasteiger partial charge in [0.15, 0.2) is 0 Å². The highest BCUT2D eigenvalue weighted by atomic mass is 127. The monoisotopic (exact) mass is 387 g/mol. The molecule has 1 saturated carbocycles. The number of nitrogens with one attached hydrogen (secondary N) is 1. The molecule has 0 radical (unpaired) electrons. The van der Waals surface area contributed by atoms with E-state index in [1.807, 2.05) is 0 Å². The molecule has 1 aromatic heterocycles. The Kier molecular flexibility index (Phi) is 6.05. The third-order valence-electron chi connectivity index (χ3n) is 4.07. The molecule has 0 amide bonds. The zero-order valence-electron chi connectivity index (χ0n) is 12.9. The van der Waals surface area contributed by atoms with Crippen molar-refractivity contribution in [1.82, 2.24) is 9.97 Å². The molecule has 2 unspecified atom stereocenters. The van der Waals surface area contributed by atoms with Gasteiger partial charge in [-0.15, -0.1) is 0 Å². The molecule has 4 heteroatoms. The lowest BCUT2D eigenvalue weighted by Crippen LogP contribution is -2.17. The molecule has 1 heterocycles. The molecule has 2 atom stereocenters. The zero-order chi connectivity index (χ0) is 14.5. The van der Waals surface area contributed by atoms with Gasteiger partial charge < -0.3 is 5.32 Å². The Morgan fingerprint density at radius 1 is 1.25 bits per heavy atom. The smallest absolute Gasteiger partial charge is 0.143 e. The predicted molar refractivity (Wildman–Crippen MR) is 93.3 cm³/mol. The first-order valence-electron chi connectivity index (χ1n) is 7.95. The summed E-state index contributed by atoms with van der Waals surface area (Å²) in [4.78, 5) is 9.74. The Labute approximate surface area is 136 Å². The quantitative estimate of drug-likeness (QED) is 0.741. The van der Waals surface area contributed by atoms with Crippen LogP contribution in [0, 0.1) is 9.49 Å². The maximum Gasteiger partial charge on any atom is 0.143 e. The van der Waals surface area contributed by atoms with Crippen LogP contribution in [0.3, 0.4) is 0 Å². The number of halogens is 1. The van der Waals surface area contributed by atoms with Crippen molar-refractivity contribution in [2.24, 2.45) is 5.92 Å². The third kappa shape index (κ3) is 3.83. The molecule has 112 valence electrons. The van der Waals surface area contributed by atoms with Crippen LogP contribution in [0.5, 0.6) is 0 Å². The molecule has 0 saturated heterocycles. The van der Waals surface area contributed by atoms with Gasteiger partial charge in [0.05, 0.1) is 9.26 Å². The molecule has 2 rings (SSSR count). The molecule has 0 spiro atoms. The highest BCUT2D eigenvalue weighted by molar-refractivity contribution is 14.1. The van der Waals surface area contributed by atoms with Crippen LogP contribution in [0.4, 0.5) is 5.82 Å². The number of hydrogen-bond donors (Lipinski definition) is 1. The first-order valence-corrected chi connectivity index (χ1v) is 9.03. The average Bonchev–Trinajstić information content (AvgIpc) is 2.43. The number of anilines is 1. The molecular weight excluding hydrogens is 361 g/mol. The van der Waals surface area contributed by atoms with E-state index >= 15 is 0 Å². The highest BCUT2D eigenvalue weighted by Gasteiger charge is 2.24. The molecule has 1 aliphatic rings. The minimum atomic E-state index is 0.559. The molecule has 0 aromatic carbocycles. The lowest BCUT2D eigenvalue weighted by atomic mass is 9.82. The van der Waals surface area contributed by atoms with Gasteiger partial charge in [-0.2, -0.15) is 0 Å². The predicted octanol–water partition coefficient (Wildman–Crippen LogP) is 4.76. The summed E-state index contributed by atoms with van der Waals surface area (Å²) in [6.07, 6.45) is 7.37. The molecule has 1 N–H and O–H groups in total. The van der Waals surface area contributed by atoms with Crippen molar-refractivity contribution in [3.63, 3.8) is 0 Å². The fraction of sp³-hybridized carbons (Fsp3) is 0.750. The molecule has 0 aliphatic heterocycles. The summed E-state index contributed by atoms with van der Waals surface area (Å²) < 4.78 is 1.21. The lowest BCUT2D eigenvalue weighted by molar-refractivity contribution is 0.335. The SMILES string of the molecule is CCCc1nc(C2CCCC(C)C2)nc(NCC)c1I. The van der Waals surface area contributed by atoms with Crippen LogP contribution in [0.15, 0.2) is 0 Å². The van der Waals surface area contributed by atoms with Crippen LogP contribution in [0.2, 0.25) is 0 Å². The maximum atomic E-state index is 4.90. The lowest BCUT2D eigenvalue weighted by Gasteiger charge is -2.26. The summed E-state index contributed by atoms with van der Waals surface area (Å²) >= 11 is 2.39. The number of aromatic nitrogens is 2. The Morgan fingerprint density at radius 2 is 2.05 bits per heavy atom. The van der Waals surface area contributed by atoms with Crippen molar-refractivity contribution >= 4 is 28.4 Å². The molecule has 1 aliphatic carbocycles. The van der Waals surface area contributed by atoms with Gasteiger partial charge in [0.2, 0.25) is 0 Å². The summed E-state index contributed by atoms with van der Waals surface area (Å²) in [5.41, 5.74) is 1.23. The van der Waals surface area contributed by atoms with E-state index in [1.165, 1.54) is 34.9 Å². The van der Waals surface area contributed by atoms with E-state index < -0.39 is 0 Å². The van der Waals surface area contributed by atoms with Crippen LogP contribution in [0.25, 0.3) is 0 Å². The van der Waals surface area contributed by atoms with E-state index in [0.717, 1.165) is 36.9 Å². The van der Waals surface area contributed by atoms with E-state index in [4.69, 9.17) is 9.97 Å². The van der Waals surface area contributed by atoms with Crippen LogP contribution < -0.4 is 5.32 Å². The van der Waals surface area contributed by atoms with E-state index in [-0.39, 0.29) is 0 Å². The van der Waals surface area contributed by atoms with E-state index in [0.29, 0.717) is 5.92 Å². The summed E-state index contributed by atoms with van der Waals surface area (Å²) in [6.45, 7) is 7.61. The Bertz CT molecular complexity index is 420. The summed E-state index contributed by atoms with van der Waals surface area (Å²) in [7, 11) is 0. The number of nitrogens with zero attached hydrogens (tertiary/aromatic N) is 2. The van der Waals surface area contributed by atoms with Crippen molar-refractivity contribution in [3.8, 4) is 0 Å². The maximum absolute atomic E-state index is 4.90. The van der Waals surface area contributed by atoms with Gasteiger partial charge in [-0.3, -0.25) is 0 Å². The van der Waals surface area contributed by atoms with Crippen molar-refractivity contribution in [2.75, 3.05) is 11.9 Å². The molecule has 3 nitrogen and oxygen atoms in total. The first kappa shape index (κ1) is 16.0. The van der Waals surface area contributed by atoms with Crippen molar-refractivity contribution in [3.05, 3.63) is 15.1 Å². The minimum Gasteiger partial charge on any atom is -0.369 e. The van der Waals surface area contributed by atoms with Crippen LogP contribution >= 0.6 is 22.6 Å². The second-order valence-corrected chi connectivity index (χ2v) is 7.02. The van der Waals surface area contributed by atoms with E-state index in [2.05, 4.69) is 48.7 Å². The average molecular weight is 387 g/mol. The molecular formula is C16H26IN3. The highest BCUT2D eigenvalue weighted by Crippen LogP contribution is 2.35. The van der Waals surface area contributed by atoms with Gasteiger partial charge in [0.1, 0.15) is 11.6 Å². The third-order valence-corrected chi connectivity index (χ3v) is 5.20.